The Balaban J connectivity index is 2.47. The molecule has 0 saturated carbocycles. The molecule has 1 heterocycles. The Morgan fingerprint density at radius 3 is 2.82 bits per heavy atom. The number of β-amino-alcohol motifs (C(OH)–C–C–N with tert-alkyl or cyclic N) is 1. The number of nitrogens with two attached hydrogens (primary N) is 1. The van der Waals surface area contributed by atoms with Gasteiger partial charge in [0.15, 0.2) is 0 Å². The summed E-state index contributed by atoms with van der Waals surface area (Å²) in [6.45, 7) is 0.137. The van der Waals surface area contributed by atoms with Crippen molar-refractivity contribution in [3.8, 4) is 0 Å². The number of hydrogen-bond donors (Lipinski definition) is 2. The molecule has 1 aliphatic heterocycles. The highest BCUT2D eigenvalue weighted by Gasteiger charge is 2.28. The lowest BCUT2D eigenvalue weighted by Crippen LogP contribution is -2.35. The van der Waals surface area contributed by atoms with Gasteiger partial charge in [0.05, 0.1) is 19.1 Å². The van der Waals surface area contributed by atoms with Gasteiger partial charge in [-0.2, -0.15) is 0 Å². The molecule has 62 valence electrons. The quantitative estimate of drug-likeness (QED) is 0.365. The summed E-state index contributed by atoms with van der Waals surface area (Å²) >= 11 is 0. The van der Waals surface area contributed by atoms with Crippen molar-refractivity contribution >= 4 is 11.8 Å². The molecular formula is C6H10N2O3. The summed E-state index contributed by atoms with van der Waals surface area (Å²) in [5, 5.41) is 8.97. The lowest BCUT2D eigenvalue weighted by atomic mass is 10.3. The maximum Gasteiger partial charge on any atom is 0.237 e. The maximum absolute atomic E-state index is 10.9. The monoisotopic (exact) mass is 161 g/mol. The van der Waals surface area contributed by atoms with Crippen molar-refractivity contribution in [1.29, 1.82) is 0 Å². The van der Waals surface area contributed by atoms with Crippen LogP contribution >= 0.6 is 0 Å². The van der Waals surface area contributed by atoms with Gasteiger partial charge in [0.2, 0.25) is 11.8 Å². The Morgan fingerprint density at radius 1 is 1.82 bits per heavy atom. The van der Waals surface area contributed by atoms with Crippen LogP contribution in [0.15, 0.2) is 0 Å². The first-order chi connectivity index (χ1) is 5.09. The minimum Gasteiger partial charge on any atom is -0.391 e. The van der Waals surface area contributed by atoms with Crippen LogP contribution in [0.3, 0.4) is 0 Å². The number of aliphatic hydroxyl groups is 1. The third-order valence-corrected chi connectivity index (χ3v) is 1.54. The van der Waals surface area contributed by atoms with Crippen molar-refractivity contribution < 1.29 is 14.7 Å². The van der Waals surface area contributed by atoms with Gasteiger partial charge in [-0.3, -0.25) is 9.59 Å². The number of amides is 2. The summed E-state index contributed by atoms with van der Waals surface area (Å²) in [6, 6.07) is 0. The van der Waals surface area contributed by atoms with Crippen molar-refractivity contribution in [1.82, 2.24) is 4.90 Å². The fraction of sp³-hybridized carbons (Fsp3) is 0.667. The molecule has 0 aromatic carbocycles. The topological polar surface area (TPSA) is 83.6 Å². The largest absolute Gasteiger partial charge is 0.391 e. The smallest absolute Gasteiger partial charge is 0.237 e. The van der Waals surface area contributed by atoms with E-state index in [9.17, 15) is 9.59 Å². The third-order valence-electron chi connectivity index (χ3n) is 1.54. The molecule has 2 amide bonds. The summed E-state index contributed by atoms with van der Waals surface area (Å²) < 4.78 is 0. The van der Waals surface area contributed by atoms with Crippen LogP contribution in [0, 0.1) is 0 Å². The Labute approximate surface area is 63.8 Å². The highest BCUT2D eigenvalue weighted by molar-refractivity contribution is 5.85. The minimum atomic E-state index is -0.637. The first kappa shape index (κ1) is 8.00. The van der Waals surface area contributed by atoms with E-state index in [0.29, 0.717) is 0 Å². The van der Waals surface area contributed by atoms with Crippen LogP contribution in [0.5, 0.6) is 0 Å². The second-order valence-corrected chi connectivity index (χ2v) is 2.60. The standard InChI is InChI=1S/C6H10N2O3/c7-5(10)3-8-2-4(9)1-6(8)11/h4,9H,1-3H2,(H2,7,10)/i3+1,5+1,7+1. The number of carbonyl (C=O) groups is 2. The predicted molar refractivity (Wildman–Crippen MR) is 36.4 cm³/mol. The van der Waals surface area contributed by atoms with Crippen LogP contribution in [0.1, 0.15) is 6.42 Å². The Hall–Kier alpha value is -1.10. The normalized spacial score (nSPS) is 24.3. The molecule has 1 rings (SSSR count). The zero-order chi connectivity index (χ0) is 8.43. The van der Waals surface area contributed by atoms with Gasteiger partial charge in [-0.1, -0.05) is 0 Å². The lowest BCUT2D eigenvalue weighted by Gasteiger charge is -2.11. The van der Waals surface area contributed by atoms with Crippen molar-refractivity contribution in [3.63, 3.8) is 0 Å². The highest BCUT2D eigenvalue weighted by Crippen LogP contribution is 2.09. The van der Waals surface area contributed by atoms with E-state index >= 15 is 0 Å². The molecule has 1 unspecified atom stereocenters. The van der Waals surface area contributed by atoms with E-state index in [1.54, 1.807) is 0 Å². The highest BCUT2D eigenvalue weighted by atomic mass is 16.3. The Bertz CT molecular complexity index is 192. The van der Waals surface area contributed by atoms with Crippen LogP contribution in [0.2, 0.25) is 0 Å². The van der Waals surface area contributed by atoms with Crippen molar-refractivity contribution in [3.05, 3.63) is 0 Å². The first-order valence-corrected chi connectivity index (χ1v) is 3.33. The molecule has 1 saturated heterocycles. The fourth-order valence-electron chi connectivity index (χ4n) is 1.09. The number of aliphatic hydroxyl groups excluding tert-OH is 1. The lowest BCUT2D eigenvalue weighted by molar-refractivity contribution is -0.132. The summed E-state index contributed by atoms with van der Waals surface area (Å²) in [6.07, 6.45) is -0.533. The summed E-state index contributed by atoms with van der Waals surface area (Å²) in [4.78, 5) is 22.5. The van der Waals surface area contributed by atoms with Crippen LogP contribution in [-0.4, -0.2) is 41.0 Å². The van der Waals surface area contributed by atoms with E-state index in [0.717, 1.165) is 0 Å². The van der Waals surface area contributed by atoms with Crippen molar-refractivity contribution in [2.75, 3.05) is 13.1 Å². The Kier molecular flexibility index (Phi) is 2.09. The molecule has 0 aliphatic carbocycles. The van der Waals surface area contributed by atoms with Gasteiger partial charge in [-0.25, -0.2) is 0 Å². The summed E-state index contributed by atoms with van der Waals surface area (Å²) in [7, 11) is 0. The van der Waals surface area contributed by atoms with Gasteiger partial charge in [-0.05, 0) is 0 Å². The summed E-state index contributed by atoms with van der Waals surface area (Å²) in [5.74, 6) is -0.760. The molecule has 1 atom stereocenters. The van der Waals surface area contributed by atoms with Crippen LogP contribution in [0.25, 0.3) is 0 Å². The molecule has 3 N–H and O–H groups in total. The number of carbonyl (C=O) groups excluding carboxylic acids is 2. The van der Waals surface area contributed by atoms with Crippen LogP contribution in [-0.2, 0) is 9.59 Å². The van der Waals surface area contributed by atoms with Gasteiger partial charge < -0.3 is 15.7 Å². The van der Waals surface area contributed by atoms with Gasteiger partial charge in [-0.15, -0.1) is 0 Å². The van der Waals surface area contributed by atoms with E-state index in [1.165, 1.54) is 4.90 Å². The molecule has 5 heteroatoms. The zero-order valence-electron chi connectivity index (χ0n) is 5.99. The van der Waals surface area contributed by atoms with Crippen LogP contribution < -0.4 is 5.73 Å². The van der Waals surface area contributed by atoms with E-state index in [-0.39, 0.29) is 25.4 Å². The second-order valence-electron chi connectivity index (χ2n) is 2.60. The fourth-order valence-corrected chi connectivity index (χ4v) is 1.09. The molecule has 0 spiro atoms. The average Bonchev–Trinajstić information content (AvgIpc) is 2.09. The first-order valence-electron chi connectivity index (χ1n) is 3.33. The van der Waals surface area contributed by atoms with E-state index in [4.69, 9.17) is 10.8 Å². The van der Waals surface area contributed by atoms with E-state index < -0.39 is 12.0 Å². The predicted octanol–water partition coefficient (Wildman–Crippen LogP) is -1.94. The molecule has 11 heavy (non-hydrogen) atoms. The third kappa shape index (κ3) is 1.91. The number of rotatable bonds is 2. The van der Waals surface area contributed by atoms with E-state index in [1.807, 2.05) is 0 Å². The molecule has 1 aliphatic rings. The van der Waals surface area contributed by atoms with Gasteiger partial charge in [0.25, 0.3) is 0 Å². The number of hydrogen-bond acceptors (Lipinski definition) is 3. The van der Waals surface area contributed by atoms with Gasteiger partial charge in [0, 0.05) is 6.54 Å². The molecule has 0 aromatic heterocycles. The van der Waals surface area contributed by atoms with Crippen molar-refractivity contribution in [2.45, 2.75) is 12.5 Å². The number of nitrogens with zero attached hydrogens (tertiary/aromatic N) is 1. The molecular weight excluding hydrogens is 151 g/mol. The minimum absolute atomic E-state index is 0.0874. The second kappa shape index (κ2) is 2.87. The molecule has 0 radical (unpaired) electrons. The zero-order valence-corrected chi connectivity index (χ0v) is 5.99. The van der Waals surface area contributed by atoms with Gasteiger partial charge >= 0.3 is 0 Å². The molecule has 0 bridgehead atoms. The maximum atomic E-state index is 10.9. The Morgan fingerprint density at radius 2 is 2.45 bits per heavy atom. The SMILES string of the molecule is [15NH2][13C](=O)[13CH2]N1CC(O)CC1=O. The number of primary amides is 1. The number of likely N-dealkylation sites (tertiary alicyclic amines) is 1. The summed E-state index contributed by atoms with van der Waals surface area (Å²) in [5.41, 5.74) is 4.87. The molecule has 0 aromatic rings. The van der Waals surface area contributed by atoms with Gasteiger partial charge in [0.1, 0.15) is 0 Å². The molecule has 1 fully saturated rings. The average molecular weight is 161 g/mol. The van der Waals surface area contributed by atoms with E-state index in [2.05, 4.69) is 0 Å². The molecule has 5 nitrogen and oxygen atoms in total. The van der Waals surface area contributed by atoms with Crippen molar-refractivity contribution in [2.24, 2.45) is 5.73 Å². The van der Waals surface area contributed by atoms with Crippen LogP contribution in [0.4, 0.5) is 0 Å².